The van der Waals surface area contributed by atoms with Gasteiger partial charge >= 0.3 is 0 Å². The Kier molecular flexibility index (Phi) is 3.80. The Hall–Kier alpha value is -2.07. The second-order valence-corrected chi connectivity index (χ2v) is 5.43. The maximum Gasteiger partial charge on any atom is 0.121 e. The molecule has 0 fully saturated rings. The smallest absolute Gasteiger partial charge is 0.121 e. The topological polar surface area (TPSA) is 57.0 Å². The highest BCUT2D eigenvalue weighted by molar-refractivity contribution is 5.75. The van der Waals surface area contributed by atoms with Crippen LogP contribution in [0, 0.1) is 6.92 Å². The van der Waals surface area contributed by atoms with Crippen molar-refractivity contribution in [2.24, 2.45) is 5.73 Å². The van der Waals surface area contributed by atoms with Crippen LogP contribution in [-0.2, 0) is 13.0 Å². The lowest BCUT2D eigenvalue weighted by molar-refractivity contribution is 0.438. The molecule has 1 unspecified atom stereocenters. The van der Waals surface area contributed by atoms with Gasteiger partial charge in [0.25, 0.3) is 0 Å². The maximum absolute atomic E-state index is 6.28. The zero-order chi connectivity index (χ0) is 14.8. The summed E-state index contributed by atoms with van der Waals surface area (Å²) < 4.78 is 7.90. The van der Waals surface area contributed by atoms with Crippen molar-refractivity contribution >= 4 is 11.0 Å². The SMILES string of the molecule is CCCn1c(CC(N)c2ccc(C)o2)nc2ccccc21. The van der Waals surface area contributed by atoms with E-state index < -0.39 is 0 Å². The first-order valence-electron chi connectivity index (χ1n) is 7.45. The van der Waals surface area contributed by atoms with E-state index in [4.69, 9.17) is 15.1 Å². The Morgan fingerprint density at radius 1 is 1.24 bits per heavy atom. The number of furan rings is 1. The molecule has 4 heteroatoms. The van der Waals surface area contributed by atoms with Crippen LogP contribution in [0.2, 0.25) is 0 Å². The van der Waals surface area contributed by atoms with Crippen molar-refractivity contribution in [3.05, 3.63) is 53.7 Å². The minimum Gasteiger partial charge on any atom is -0.465 e. The van der Waals surface area contributed by atoms with E-state index in [1.54, 1.807) is 0 Å². The summed E-state index contributed by atoms with van der Waals surface area (Å²) in [6.45, 7) is 5.07. The second kappa shape index (κ2) is 5.74. The van der Waals surface area contributed by atoms with Gasteiger partial charge in [0, 0.05) is 13.0 Å². The molecule has 4 nitrogen and oxygen atoms in total. The Labute approximate surface area is 124 Å². The molecule has 0 amide bonds. The molecule has 1 aromatic carbocycles. The van der Waals surface area contributed by atoms with E-state index >= 15 is 0 Å². The number of hydrogen-bond donors (Lipinski definition) is 1. The first kappa shape index (κ1) is 13.9. The highest BCUT2D eigenvalue weighted by Crippen LogP contribution is 2.22. The van der Waals surface area contributed by atoms with Gasteiger partial charge in [-0.15, -0.1) is 0 Å². The van der Waals surface area contributed by atoms with Crippen LogP contribution in [0.25, 0.3) is 11.0 Å². The Balaban J connectivity index is 1.94. The standard InChI is InChI=1S/C17H21N3O/c1-3-10-20-15-7-5-4-6-14(15)19-17(20)11-13(18)16-9-8-12(2)21-16/h4-9,13H,3,10-11,18H2,1-2H3. The summed E-state index contributed by atoms with van der Waals surface area (Å²) in [5.74, 6) is 2.74. The third kappa shape index (κ3) is 2.72. The molecular formula is C17H21N3O. The van der Waals surface area contributed by atoms with Gasteiger partial charge in [0.05, 0.1) is 17.1 Å². The molecule has 2 N–H and O–H groups in total. The van der Waals surface area contributed by atoms with Crippen LogP contribution in [0.15, 0.2) is 40.8 Å². The van der Waals surface area contributed by atoms with Gasteiger partial charge in [-0.3, -0.25) is 0 Å². The fourth-order valence-electron chi connectivity index (χ4n) is 2.70. The predicted molar refractivity (Wildman–Crippen MR) is 84.1 cm³/mol. The summed E-state index contributed by atoms with van der Waals surface area (Å²) >= 11 is 0. The molecule has 3 aromatic rings. The Morgan fingerprint density at radius 3 is 2.76 bits per heavy atom. The molecule has 1 atom stereocenters. The van der Waals surface area contributed by atoms with Crippen molar-refractivity contribution in [1.82, 2.24) is 9.55 Å². The zero-order valence-electron chi connectivity index (χ0n) is 12.5. The second-order valence-electron chi connectivity index (χ2n) is 5.43. The summed E-state index contributed by atoms with van der Waals surface area (Å²) in [6, 6.07) is 12.0. The summed E-state index contributed by atoms with van der Waals surface area (Å²) in [6.07, 6.45) is 1.75. The van der Waals surface area contributed by atoms with Crippen LogP contribution in [0.3, 0.4) is 0 Å². The average Bonchev–Trinajstić information content (AvgIpc) is 3.04. The van der Waals surface area contributed by atoms with E-state index in [-0.39, 0.29) is 6.04 Å². The van der Waals surface area contributed by atoms with E-state index in [1.807, 2.05) is 31.2 Å². The molecule has 0 bridgehead atoms. The molecule has 3 rings (SSSR count). The minimum absolute atomic E-state index is 0.161. The van der Waals surface area contributed by atoms with Gasteiger partial charge in [-0.25, -0.2) is 4.98 Å². The third-order valence-corrected chi connectivity index (χ3v) is 3.71. The van der Waals surface area contributed by atoms with E-state index in [9.17, 15) is 0 Å². The number of aryl methyl sites for hydroxylation is 2. The Bertz CT molecular complexity index is 741. The summed E-state index contributed by atoms with van der Waals surface area (Å²) in [7, 11) is 0. The van der Waals surface area contributed by atoms with Gasteiger partial charge in [-0.2, -0.15) is 0 Å². The molecule has 0 aliphatic rings. The van der Waals surface area contributed by atoms with Gasteiger partial charge in [0.2, 0.25) is 0 Å². The fourth-order valence-corrected chi connectivity index (χ4v) is 2.70. The lowest BCUT2D eigenvalue weighted by Crippen LogP contribution is -2.16. The van der Waals surface area contributed by atoms with Crippen molar-refractivity contribution in [3.8, 4) is 0 Å². The molecular weight excluding hydrogens is 262 g/mol. The average molecular weight is 283 g/mol. The molecule has 2 aromatic heterocycles. The van der Waals surface area contributed by atoms with Gasteiger partial charge < -0.3 is 14.7 Å². The van der Waals surface area contributed by atoms with Crippen LogP contribution in [0.4, 0.5) is 0 Å². The van der Waals surface area contributed by atoms with Crippen LogP contribution < -0.4 is 5.73 Å². The van der Waals surface area contributed by atoms with Gasteiger partial charge in [-0.05, 0) is 37.6 Å². The van der Waals surface area contributed by atoms with Crippen LogP contribution >= 0.6 is 0 Å². The molecule has 21 heavy (non-hydrogen) atoms. The van der Waals surface area contributed by atoms with Crippen molar-refractivity contribution in [3.63, 3.8) is 0 Å². The van der Waals surface area contributed by atoms with Crippen LogP contribution in [-0.4, -0.2) is 9.55 Å². The number of hydrogen-bond acceptors (Lipinski definition) is 3. The Morgan fingerprint density at radius 2 is 2.05 bits per heavy atom. The highest BCUT2D eigenvalue weighted by Gasteiger charge is 2.16. The highest BCUT2D eigenvalue weighted by atomic mass is 16.3. The predicted octanol–water partition coefficient (Wildman–Crippen LogP) is 3.59. The third-order valence-electron chi connectivity index (χ3n) is 3.71. The van der Waals surface area contributed by atoms with Crippen molar-refractivity contribution in [2.75, 3.05) is 0 Å². The van der Waals surface area contributed by atoms with Crippen molar-refractivity contribution < 1.29 is 4.42 Å². The molecule has 0 aliphatic carbocycles. The first-order chi connectivity index (χ1) is 10.2. The molecule has 0 aliphatic heterocycles. The minimum atomic E-state index is -0.161. The van der Waals surface area contributed by atoms with Crippen LogP contribution in [0.5, 0.6) is 0 Å². The molecule has 0 saturated heterocycles. The normalized spacial score (nSPS) is 12.9. The van der Waals surface area contributed by atoms with E-state index in [2.05, 4.69) is 23.6 Å². The molecule has 2 heterocycles. The molecule has 0 spiro atoms. The first-order valence-corrected chi connectivity index (χ1v) is 7.45. The number of benzene rings is 1. The number of aromatic nitrogens is 2. The van der Waals surface area contributed by atoms with Crippen molar-refractivity contribution in [2.45, 2.75) is 39.3 Å². The summed E-state index contributed by atoms with van der Waals surface area (Å²) in [5.41, 5.74) is 8.49. The summed E-state index contributed by atoms with van der Waals surface area (Å²) in [5, 5.41) is 0. The van der Waals surface area contributed by atoms with E-state index in [0.717, 1.165) is 35.8 Å². The number of imidazole rings is 1. The maximum atomic E-state index is 6.28. The number of para-hydroxylation sites is 2. The molecule has 0 radical (unpaired) electrons. The lowest BCUT2D eigenvalue weighted by Gasteiger charge is -2.11. The lowest BCUT2D eigenvalue weighted by atomic mass is 10.1. The fraction of sp³-hybridized carbons (Fsp3) is 0.353. The summed E-state index contributed by atoms with van der Waals surface area (Å²) in [4.78, 5) is 4.74. The van der Waals surface area contributed by atoms with E-state index in [0.29, 0.717) is 6.42 Å². The quantitative estimate of drug-likeness (QED) is 0.778. The number of nitrogens with two attached hydrogens (primary N) is 1. The largest absolute Gasteiger partial charge is 0.465 e. The van der Waals surface area contributed by atoms with Gasteiger partial charge in [0.1, 0.15) is 17.3 Å². The molecule has 0 saturated carbocycles. The zero-order valence-corrected chi connectivity index (χ0v) is 12.5. The van der Waals surface area contributed by atoms with E-state index in [1.165, 1.54) is 5.52 Å². The number of rotatable bonds is 5. The number of nitrogens with zero attached hydrogens (tertiary/aromatic N) is 2. The monoisotopic (exact) mass is 283 g/mol. The van der Waals surface area contributed by atoms with Crippen LogP contribution in [0.1, 0.15) is 36.7 Å². The van der Waals surface area contributed by atoms with Gasteiger partial charge in [0.15, 0.2) is 0 Å². The molecule has 110 valence electrons. The number of fused-ring (bicyclic) bond motifs is 1. The van der Waals surface area contributed by atoms with Crippen molar-refractivity contribution in [1.29, 1.82) is 0 Å². The van der Waals surface area contributed by atoms with Gasteiger partial charge in [-0.1, -0.05) is 19.1 Å².